The van der Waals surface area contributed by atoms with Crippen molar-refractivity contribution in [3.05, 3.63) is 30.1 Å². The van der Waals surface area contributed by atoms with Gasteiger partial charge in [-0.25, -0.2) is 23.6 Å². The summed E-state index contributed by atoms with van der Waals surface area (Å²) in [7, 11) is -2.48. The van der Waals surface area contributed by atoms with E-state index in [4.69, 9.17) is 0 Å². The van der Waals surface area contributed by atoms with Gasteiger partial charge in [0.2, 0.25) is 15.0 Å². The molecule has 9 nitrogen and oxygen atoms in total. The lowest BCUT2D eigenvalue weighted by atomic mass is 10.3. The predicted octanol–water partition coefficient (Wildman–Crippen LogP) is -0.261. The van der Waals surface area contributed by atoms with E-state index in [9.17, 15) is 18.0 Å². The van der Waals surface area contributed by atoms with Crippen LogP contribution in [0.2, 0.25) is 0 Å². The van der Waals surface area contributed by atoms with Crippen molar-refractivity contribution in [1.29, 1.82) is 0 Å². The SMILES string of the molecule is COC(=O)NNC(=O)c1nc(S(C)(=O)=O)n2ccccc12. The zero-order valence-electron chi connectivity index (χ0n) is 11.2. The number of ether oxygens (including phenoxy) is 1. The summed E-state index contributed by atoms with van der Waals surface area (Å²) in [5.74, 6) is -0.765. The van der Waals surface area contributed by atoms with Crippen LogP contribution >= 0.6 is 0 Å². The minimum Gasteiger partial charge on any atom is -0.452 e. The number of fused-ring (bicyclic) bond motifs is 1. The molecule has 0 aliphatic carbocycles. The van der Waals surface area contributed by atoms with Gasteiger partial charge >= 0.3 is 6.09 Å². The number of carbonyl (C=O) groups is 2. The molecule has 2 N–H and O–H groups in total. The van der Waals surface area contributed by atoms with Crippen molar-refractivity contribution in [1.82, 2.24) is 20.2 Å². The Morgan fingerprint density at radius 2 is 2.00 bits per heavy atom. The maximum Gasteiger partial charge on any atom is 0.425 e. The van der Waals surface area contributed by atoms with Gasteiger partial charge in [0.15, 0.2) is 5.69 Å². The molecule has 0 atom stereocenters. The average molecular weight is 312 g/mol. The van der Waals surface area contributed by atoms with E-state index in [1.54, 1.807) is 12.1 Å². The van der Waals surface area contributed by atoms with Crippen molar-refractivity contribution in [3.63, 3.8) is 0 Å². The molecule has 0 saturated heterocycles. The summed E-state index contributed by atoms with van der Waals surface area (Å²) in [5.41, 5.74) is 4.22. The number of methoxy groups -OCH3 is 1. The highest BCUT2D eigenvalue weighted by Gasteiger charge is 2.22. The minimum absolute atomic E-state index is 0.132. The van der Waals surface area contributed by atoms with Crippen LogP contribution in [0.3, 0.4) is 0 Å². The van der Waals surface area contributed by atoms with E-state index in [0.29, 0.717) is 5.52 Å². The molecule has 0 fully saturated rings. The highest BCUT2D eigenvalue weighted by Crippen LogP contribution is 2.16. The molecule has 0 spiro atoms. The van der Waals surface area contributed by atoms with Crippen molar-refractivity contribution in [2.75, 3.05) is 13.4 Å². The van der Waals surface area contributed by atoms with Gasteiger partial charge in [0, 0.05) is 12.5 Å². The Hall–Kier alpha value is -2.62. The Bertz CT molecular complexity index is 811. The number of rotatable bonds is 2. The third kappa shape index (κ3) is 2.94. The maximum absolute atomic E-state index is 12.0. The Kier molecular flexibility index (Phi) is 3.80. The first-order valence-corrected chi connectivity index (χ1v) is 7.55. The lowest BCUT2D eigenvalue weighted by Crippen LogP contribution is -2.41. The van der Waals surface area contributed by atoms with Crippen LogP contribution in [0.15, 0.2) is 29.6 Å². The monoisotopic (exact) mass is 312 g/mol. The van der Waals surface area contributed by atoms with Crippen molar-refractivity contribution in [3.8, 4) is 0 Å². The number of sulfone groups is 1. The molecule has 0 aliphatic rings. The molecule has 0 bridgehead atoms. The normalized spacial score (nSPS) is 11.1. The van der Waals surface area contributed by atoms with E-state index in [1.165, 1.54) is 16.7 Å². The highest BCUT2D eigenvalue weighted by molar-refractivity contribution is 7.90. The first kappa shape index (κ1) is 14.8. The molecule has 2 heterocycles. The Morgan fingerprint density at radius 3 is 2.62 bits per heavy atom. The second kappa shape index (κ2) is 5.40. The Balaban J connectivity index is 2.45. The predicted molar refractivity (Wildman–Crippen MR) is 71.3 cm³/mol. The topological polar surface area (TPSA) is 119 Å². The summed E-state index contributed by atoms with van der Waals surface area (Å²) in [6, 6.07) is 4.78. The molecular weight excluding hydrogens is 300 g/mol. The number of pyridine rings is 1. The molecule has 0 unspecified atom stereocenters. The van der Waals surface area contributed by atoms with Crippen LogP contribution in [0.1, 0.15) is 10.5 Å². The minimum atomic E-state index is -3.62. The summed E-state index contributed by atoms with van der Waals surface area (Å²) in [5, 5.41) is -0.263. The number of amides is 2. The Morgan fingerprint density at radius 1 is 1.29 bits per heavy atom. The summed E-state index contributed by atoms with van der Waals surface area (Å²) < 4.78 is 29.0. The largest absolute Gasteiger partial charge is 0.452 e. The van der Waals surface area contributed by atoms with Crippen molar-refractivity contribution < 1.29 is 22.7 Å². The molecule has 0 radical (unpaired) electrons. The van der Waals surface area contributed by atoms with Crippen LogP contribution in [0.4, 0.5) is 4.79 Å². The fourth-order valence-corrected chi connectivity index (χ4v) is 2.43. The van der Waals surface area contributed by atoms with Crippen LogP contribution in [0.5, 0.6) is 0 Å². The van der Waals surface area contributed by atoms with Gasteiger partial charge in [-0.2, -0.15) is 0 Å². The third-order valence-corrected chi connectivity index (χ3v) is 3.48. The van der Waals surface area contributed by atoms with Gasteiger partial charge in [0.25, 0.3) is 5.91 Å². The molecule has 21 heavy (non-hydrogen) atoms. The van der Waals surface area contributed by atoms with Crippen molar-refractivity contribution in [2.45, 2.75) is 5.16 Å². The smallest absolute Gasteiger partial charge is 0.425 e. The van der Waals surface area contributed by atoms with Gasteiger partial charge in [0.1, 0.15) is 0 Å². The second-order valence-electron chi connectivity index (χ2n) is 4.04. The first-order chi connectivity index (χ1) is 9.84. The van der Waals surface area contributed by atoms with E-state index in [1.807, 2.05) is 5.43 Å². The highest BCUT2D eigenvalue weighted by atomic mass is 32.2. The van der Waals surface area contributed by atoms with Gasteiger partial charge in [-0.1, -0.05) is 6.07 Å². The zero-order chi connectivity index (χ0) is 15.6. The number of hydrazine groups is 1. The molecule has 2 amide bonds. The van der Waals surface area contributed by atoms with Crippen molar-refractivity contribution in [2.24, 2.45) is 0 Å². The molecular formula is C11H12N4O5S. The molecule has 0 saturated carbocycles. The van der Waals surface area contributed by atoms with Gasteiger partial charge in [-0.05, 0) is 12.1 Å². The zero-order valence-corrected chi connectivity index (χ0v) is 12.0. The maximum atomic E-state index is 12.0. The molecule has 2 rings (SSSR count). The van der Waals surface area contributed by atoms with Gasteiger partial charge in [0.05, 0.1) is 12.6 Å². The van der Waals surface area contributed by atoms with E-state index in [-0.39, 0.29) is 10.9 Å². The Labute approximate surface area is 119 Å². The lowest BCUT2D eigenvalue weighted by Gasteiger charge is -2.04. The quantitative estimate of drug-likeness (QED) is 0.737. The van der Waals surface area contributed by atoms with Gasteiger partial charge < -0.3 is 4.74 Å². The van der Waals surface area contributed by atoms with Crippen LogP contribution in [-0.4, -0.2) is 43.2 Å². The molecule has 2 aromatic heterocycles. The molecule has 112 valence electrons. The summed E-state index contributed by atoms with van der Waals surface area (Å²) >= 11 is 0. The molecule has 0 aliphatic heterocycles. The number of hydrogen-bond acceptors (Lipinski definition) is 6. The standard InChI is InChI=1S/C11H12N4O5S/c1-20-11(17)14-13-9(16)8-7-5-3-4-6-15(7)10(12-8)21(2,18)19/h3-6H,1-2H3,(H,13,16)(H,14,17). The fraction of sp³-hybridized carbons (Fsp3) is 0.182. The van der Waals surface area contributed by atoms with Crippen LogP contribution in [-0.2, 0) is 14.6 Å². The molecule has 2 aromatic rings. The number of aromatic nitrogens is 2. The number of nitrogens with one attached hydrogen (secondary N) is 2. The van der Waals surface area contributed by atoms with E-state index < -0.39 is 21.8 Å². The van der Waals surface area contributed by atoms with Gasteiger partial charge in [-0.3, -0.25) is 14.6 Å². The van der Waals surface area contributed by atoms with E-state index in [2.05, 4.69) is 15.1 Å². The second-order valence-corrected chi connectivity index (χ2v) is 5.95. The number of hydrogen-bond donors (Lipinski definition) is 2. The summed E-state index contributed by atoms with van der Waals surface area (Å²) in [4.78, 5) is 26.7. The third-order valence-electron chi connectivity index (χ3n) is 2.53. The molecule has 0 aromatic carbocycles. The van der Waals surface area contributed by atoms with Crippen molar-refractivity contribution >= 4 is 27.4 Å². The van der Waals surface area contributed by atoms with E-state index >= 15 is 0 Å². The number of nitrogens with zero attached hydrogens (tertiary/aromatic N) is 2. The molecule has 10 heteroatoms. The van der Waals surface area contributed by atoms with E-state index in [0.717, 1.165) is 13.4 Å². The first-order valence-electron chi connectivity index (χ1n) is 5.66. The van der Waals surface area contributed by atoms with Crippen LogP contribution in [0.25, 0.3) is 5.52 Å². The van der Waals surface area contributed by atoms with Crippen LogP contribution < -0.4 is 10.9 Å². The summed E-state index contributed by atoms with van der Waals surface area (Å²) in [6.07, 6.45) is 1.60. The number of carbonyl (C=O) groups excluding carboxylic acids is 2. The fourth-order valence-electron chi connectivity index (χ4n) is 1.66. The lowest BCUT2D eigenvalue weighted by molar-refractivity contribution is 0.0917. The number of imidazole rings is 1. The average Bonchev–Trinajstić information content (AvgIpc) is 2.84. The van der Waals surface area contributed by atoms with Gasteiger partial charge in [-0.15, -0.1) is 0 Å². The van der Waals surface area contributed by atoms with Crippen LogP contribution in [0, 0.1) is 0 Å². The summed E-state index contributed by atoms with van der Waals surface area (Å²) in [6.45, 7) is 0.